The minimum atomic E-state index is -0.697. The van der Waals surface area contributed by atoms with Gasteiger partial charge in [0.1, 0.15) is 0 Å². The zero-order valence-corrected chi connectivity index (χ0v) is 12.6. The van der Waals surface area contributed by atoms with Crippen LogP contribution < -0.4 is 15.8 Å². The van der Waals surface area contributed by atoms with Gasteiger partial charge in [-0.3, -0.25) is 14.2 Å². The number of aliphatic hydroxyl groups excluding tert-OH is 1. The lowest BCUT2D eigenvalue weighted by Crippen LogP contribution is -2.37. The Bertz CT molecular complexity index is 772. The molecule has 0 bridgehead atoms. The van der Waals surface area contributed by atoms with Gasteiger partial charge in [-0.05, 0) is 19.1 Å². The van der Waals surface area contributed by atoms with Crippen molar-refractivity contribution in [2.45, 2.75) is 19.6 Å². The second kappa shape index (κ2) is 6.17. The molecule has 120 valence electrons. The number of carbonyl (C=O) groups is 1. The number of rotatable bonds is 4. The molecule has 0 fully saturated rings. The average Bonchev–Trinajstić information content (AvgIpc) is 2.98. The van der Waals surface area contributed by atoms with Gasteiger partial charge in [0.15, 0.2) is 0 Å². The molecule has 0 saturated heterocycles. The molecule has 8 nitrogen and oxygen atoms in total. The maximum atomic E-state index is 12.4. The van der Waals surface area contributed by atoms with E-state index in [-0.39, 0.29) is 12.2 Å². The van der Waals surface area contributed by atoms with E-state index >= 15 is 0 Å². The second-order valence-electron chi connectivity index (χ2n) is 5.35. The van der Waals surface area contributed by atoms with Crippen molar-refractivity contribution in [3.63, 3.8) is 0 Å². The molecule has 1 aliphatic rings. The van der Waals surface area contributed by atoms with Crippen LogP contribution in [0.2, 0.25) is 0 Å². The molecule has 0 spiro atoms. The van der Waals surface area contributed by atoms with Crippen LogP contribution >= 0.6 is 0 Å². The molecule has 2 aromatic rings. The van der Waals surface area contributed by atoms with Crippen LogP contribution in [0, 0.1) is 0 Å². The normalized spacial score (nSPS) is 14.4. The van der Waals surface area contributed by atoms with Gasteiger partial charge >= 0.3 is 0 Å². The monoisotopic (exact) mass is 315 g/mol. The van der Waals surface area contributed by atoms with Crippen LogP contribution in [0.4, 0.5) is 11.6 Å². The number of nitrogens with zero attached hydrogens (tertiary/aromatic N) is 4. The van der Waals surface area contributed by atoms with Gasteiger partial charge in [0.2, 0.25) is 11.6 Å². The summed E-state index contributed by atoms with van der Waals surface area (Å²) in [6.45, 7) is 2.62. The molecular formula is C15H17N5O3. The lowest BCUT2D eigenvalue weighted by Gasteiger charge is -2.16. The highest BCUT2D eigenvalue weighted by atomic mass is 16.3. The third-order valence-corrected chi connectivity index (χ3v) is 3.56. The summed E-state index contributed by atoms with van der Waals surface area (Å²) in [5, 5.41) is 19.5. The largest absolute Gasteiger partial charge is 0.392 e. The molecular weight excluding hydrogens is 298 g/mol. The molecule has 0 unspecified atom stereocenters. The SMILES string of the molecule is C[C@H](O)CNC(=O)c1nnc2n(c1=O)CCN2c1ccccc1. The molecule has 0 radical (unpaired) electrons. The number of aliphatic hydroxyl groups is 1. The molecule has 1 aromatic carbocycles. The Labute approximate surface area is 132 Å². The zero-order chi connectivity index (χ0) is 16.4. The first-order chi connectivity index (χ1) is 11.1. The number of benzene rings is 1. The summed E-state index contributed by atoms with van der Waals surface area (Å²) in [5.74, 6) is -0.204. The maximum Gasteiger partial charge on any atom is 0.286 e. The van der Waals surface area contributed by atoms with E-state index in [1.165, 1.54) is 4.57 Å². The van der Waals surface area contributed by atoms with Gasteiger partial charge in [-0.25, -0.2) is 0 Å². The zero-order valence-electron chi connectivity index (χ0n) is 12.6. The number of amides is 1. The number of hydrogen-bond donors (Lipinski definition) is 2. The molecule has 8 heteroatoms. The topological polar surface area (TPSA) is 100 Å². The van der Waals surface area contributed by atoms with E-state index in [2.05, 4.69) is 15.5 Å². The smallest absolute Gasteiger partial charge is 0.286 e. The van der Waals surface area contributed by atoms with E-state index < -0.39 is 17.6 Å². The number of anilines is 2. The molecule has 1 aliphatic heterocycles. The van der Waals surface area contributed by atoms with E-state index in [0.717, 1.165) is 5.69 Å². The minimum Gasteiger partial charge on any atom is -0.392 e. The van der Waals surface area contributed by atoms with Crippen molar-refractivity contribution in [1.29, 1.82) is 0 Å². The van der Waals surface area contributed by atoms with Crippen molar-refractivity contribution in [3.05, 3.63) is 46.4 Å². The first-order valence-corrected chi connectivity index (χ1v) is 7.34. The number of nitrogens with one attached hydrogen (secondary N) is 1. The molecule has 2 heterocycles. The Kier molecular flexibility index (Phi) is 4.07. The Morgan fingerprint density at radius 3 is 2.74 bits per heavy atom. The van der Waals surface area contributed by atoms with E-state index in [4.69, 9.17) is 0 Å². The highest BCUT2D eigenvalue weighted by molar-refractivity contribution is 5.91. The quantitative estimate of drug-likeness (QED) is 0.817. The van der Waals surface area contributed by atoms with Gasteiger partial charge in [-0.15, -0.1) is 10.2 Å². The number of aromatic nitrogens is 3. The number of fused-ring (bicyclic) bond motifs is 1. The summed E-state index contributed by atoms with van der Waals surface area (Å²) < 4.78 is 1.44. The van der Waals surface area contributed by atoms with Crippen LogP contribution in [-0.4, -0.2) is 45.0 Å². The van der Waals surface area contributed by atoms with Crippen LogP contribution in [0.5, 0.6) is 0 Å². The van der Waals surface area contributed by atoms with Gasteiger partial charge in [-0.2, -0.15) is 0 Å². The lowest BCUT2D eigenvalue weighted by atomic mass is 10.3. The second-order valence-corrected chi connectivity index (χ2v) is 5.35. The summed E-state index contributed by atoms with van der Waals surface area (Å²) in [4.78, 5) is 26.3. The van der Waals surface area contributed by atoms with Crippen LogP contribution in [0.15, 0.2) is 35.1 Å². The van der Waals surface area contributed by atoms with Crippen LogP contribution in [0.25, 0.3) is 0 Å². The van der Waals surface area contributed by atoms with Crippen LogP contribution in [-0.2, 0) is 6.54 Å². The van der Waals surface area contributed by atoms with E-state index in [1.54, 1.807) is 6.92 Å². The van der Waals surface area contributed by atoms with Gasteiger partial charge in [0, 0.05) is 25.3 Å². The maximum absolute atomic E-state index is 12.4. The van der Waals surface area contributed by atoms with Crippen molar-refractivity contribution < 1.29 is 9.90 Å². The molecule has 1 amide bonds. The number of para-hydroxylation sites is 1. The predicted octanol–water partition coefficient (Wildman–Crippen LogP) is -0.0994. The van der Waals surface area contributed by atoms with Crippen molar-refractivity contribution >= 4 is 17.5 Å². The molecule has 2 N–H and O–H groups in total. The Hall–Kier alpha value is -2.74. The minimum absolute atomic E-state index is 0.0534. The van der Waals surface area contributed by atoms with Crippen LogP contribution in [0.3, 0.4) is 0 Å². The summed E-state index contributed by atoms with van der Waals surface area (Å²) in [6, 6.07) is 9.56. The van der Waals surface area contributed by atoms with Crippen LogP contribution in [0.1, 0.15) is 17.4 Å². The van der Waals surface area contributed by atoms with Gasteiger partial charge in [0.25, 0.3) is 11.5 Å². The lowest BCUT2D eigenvalue weighted by molar-refractivity contribution is 0.0915. The molecule has 3 rings (SSSR count). The number of hydrogen-bond acceptors (Lipinski definition) is 6. The van der Waals surface area contributed by atoms with Gasteiger partial charge < -0.3 is 15.3 Å². The standard InChI is InChI=1S/C15H17N5O3/c1-10(21)9-16-13(22)12-14(23)20-8-7-19(15(20)18-17-12)11-5-3-2-4-6-11/h2-6,10,21H,7-9H2,1H3,(H,16,22)/t10-/m0/s1. The van der Waals surface area contributed by atoms with Crippen molar-refractivity contribution in [2.24, 2.45) is 0 Å². The highest BCUT2D eigenvalue weighted by Gasteiger charge is 2.27. The summed E-state index contributed by atoms with van der Waals surface area (Å²) in [7, 11) is 0. The molecule has 0 aliphatic carbocycles. The predicted molar refractivity (Wildman–Crippen MR) is 83.8 cm³/mol. The third-order valence-electron chi connectivity index (χ3n) is 3.56. The average molecular weight is 315 g/mol. The third kappa shape index (κ3) is 2.93. The molecule has 1 aromatic heterocycles. The first kappa shape index (κ1) is 15.2. The fraction of sp³-hybridized carbons (Fsp3) is 0.333. The molecule has 1 atom stereocenters. The van der Waals surface area contributed by atoms with E-state index in [0.29, 0.717) is 19.0 Å². The fourth-order valence-electron chi connectivity index (χ4n) is 2.43. The van der Waals surface area contributed by atoms with Gasteiger partial charge in [0.05, 0.1) is 6.10 Å². The first-order valence-electron chi connectivity index (χ1n) is 7.34. The summed E-state index contributed by atoms with van der Waals surface area (Å²) >= 11 is 0. The fourth-order valence-corrected chi connectivity index (χ4v) is 2.43. The number of carbonyl (C=O) groups excluding carboxylic acids is 1. The Morgan fingerprint density at radius 2 is 2.04 bits per heavy atom. The highest BCUT2D eigenvalue weighted by Crippen LogP contribution is 2.25. The van der Waals surface area contributed by atoms with Crippen molar-refractivity contribution in [3.8, 4) is 0 Å². The van der Waals surface area contributed by atoms with Crippen molar-refractivity contribution in [1.82, 2.24) is 20.1 Å². The summed E-state index contributed by atoms with van der Waals surface area (Å²) in [5.41, 5.74) is 0.180. The molecule has 23 heavy (non-hydrogen) atoms. The Morgan fingerprint density at radius 1 is 1.30 bits per heavy atom. The van der Waals surface area contributed by atoms with Gasteiger partial charge in [-0.1, -0.05) is 18.2 Å². The van der Waals surface area contributed by atoms with E-state index in [9.17, 15) is 14.7 Å². The van der Waals surface area contributed by atoms with Crippen molar-refractivity contribution in [2.75, 3.05) is 18.0 Å². The molecule has 0 saturated carbocycles. The Balaban J connectivity index is 1.90. The van der Waals surface area contributed by atoms with E-state index in [1.807, 2.05) is 35.2 Å². The summed E-state index contributed by atoms with van der Waals surface area (Å²) in [6.07, 6.45) is -0.697.